The van der Waals surface area contributed by atoms with Gasteiger partial charge in [0, 0.05) is 0 Å². The van der Waals surface area contributed by atoms with Gasteiger partial charge in [0.15, 0.2) is 12.4 Å². The lowest BCUT2D eigenvalue weighted by atomic mass is 9.71. The number of rotatable bonds is 4. The number of ether oxygens (including phenoxy) is 6. The molecule has 5 atom stereocenters. The fourth-order valence-corrected chi connectivity index (χ4v) is 3.76. The molecule has 0 aromatic heterocycles. The quantitative estimate of drug-likeness (QED) is 0.805. The largest absolute Gasteiger partial charge is 0.394 e. The third-order valence-electron chi connectivity index (χ3n) is 5.53. The molecule has 0 aromatic rings. The average molecular weight is 304 g/mol. The molecule has 1 N–H and O–H groups in total. The summed E-state index contributed by atoms with van der Waals surface area (Å²) in [6.45, 7) is 8.49. The Hall–Kier alpha value is -0.280. The van der Waals surface area contributed by atoms with Gasteiger partial charge in [-0.3, -0.25) is 0 Å². The van der Waals surface area contributed by atoms with Crippen LogP contribution >= 0.6 is 0 Å². The molecule has 3 rings (SSSR count). The summed E-state index contributed by atoms with van der Waals surface area (Å²) in [5.74, 6) is -0.947. The van der Waals surface area contributed by atoms with Crippen LogP contribution in [0.1, 0.15) is 27.7 Å². The molecule has 122 valence electrons. The summed E-state index contributed by atoms with van der Waals surface area (Å²) in [5, 5.41) is 9.17. The van der Waals surface area contributed by atoms with Gasteiger partial charge in [-0.25, -0.2) is 0 Å². The Morgan fingerprint density at radius 3 is 2.52 bits per heavy atom. The van der Waals surface area contributed by atoms with E-state index in [-0.39, 0.29) is 32.9 Å². The molecule has 3 aliphatic heterocycles. The molecule has 5 unspecified atom stereocenters. The first-order chi connectivity index (χ1) is 9.83. The van der Waals surface area contributed by atoms with E-state index in [4.69, 9.17) is 28.4 Å². The van der Waals surface area contributed by atoms with E-state index in [1.807, 2.05) is 27.7 Å². The average Bonchev–Trinajstić information content (AvgIpc) is 3.08. The molecule has 21 heavy (non-hydrogen) atoms. The molecule has 0 amide bonds. The van der Waals surface area contributed by atoms with Crippen molar-refractivity contribution in [2.75, 3.05) is 33.4 Å². The van der Waals surface area contributed by atoms with Crippen LogP contribution in [-0.2, 0) is 28.4 Å². The van der Waals surface area contributed by atoms with Gasteiger partial charge in [0.2, 0.25) is 5.79 Å². The molecule has 0 aromatic carbocycles. The Kier molecular flexibility index (Phi) is 3.61. The standard InChI is InChI=1S/C14H24O7/c1-11(10-7-16-8-17-10)12(2,18-6-5-15)13(3)14(4,21-11)20-9-19-13/h10,15H,5-9H2,1-4H3. The van der Waals surface area contributed by atoms with Gasteiger partial charge in [0.25, 0.3) is 0 Å². The maximum absolute atomic E-state index is 9.17. The maximum Gasteiger partial charge on any atom is 0.200 e. The van der Waals surface area contributed by atoms with Crippen molar-refractivity contribution in [2.24, 2.45) is 0 Å². The molecule has 0 saturated carbocycles. The predicted octanol–water partition coefficient (Wildman–Crippen LogP) is 0.395. The first kappa shape index (κ1) is 15.6. The first-order valence-electron chi connectivity index (χ1n) is 7.25. The summed E-state index contributed by atoms with van der Waals surface area (Å²) in [6.07, 6.45) is -0.298. The Labute approximate surface area is 124 Å². The third-order valence-corrected chi connectivity index (χ3v) is 5.53. The van der Waals surface area contributed by atoms with Gasteiger partial charge in [0.1, 0.15) is 24.1 Å². The molecule has 3 fully saturated rings. The van der Waals surface area contributed by atoms with E-state index in [9.17, 15) is 5.11 Å². The van der Waals surface area contributed by atoms with E-state index in [0.717, 1.165) is 0 Å². The van der Waals surface area contributed by atoms with Crippen LogP contribution in [0.5, 0.6) is 0 Å². The molecule has 7 heteroatoms. The number of aliphatic hydroxyl groups excluding tert-OH is 1. The van der Waals surface area contributed by atoms with Gasteiger partial charge in [-0.2, -0.15) is 0 Å². The van der Waals surface area contributed by atoms with Crippen molar-refractivity contribution < 1.29 is 33.5 Å². The molecule has 3 heterocycles. The molecular formula is C14H24O7. The van der Waals surface area contributed by atoms with Crippen molar-refractivity contribution in [3.63, 3.8) is 0 Å². The lowest BCUT2D eigenvalue weighted by Crippen LogP contribution is -2.66. The Bertz CT molecular complexity index is 412. The summed E-state index contributed by atoms with van der Waals surface area (Å²) >= 11 is 0. The van der Waals surface area contributed by atoms with Gasteiger partial charge < -0.3 is 33.5 Å². The smallest absolute Gasteiger partial charge is 0.200 e. The van der Waals surface area contributed by atoms with Crippen molar-refractivity contribution in [1.29, 1.82) is 0 Å². The fourth-order valence-electron chi connectivity index (χ4n) is 3.76. The van der Waals surface area contributed by atoms with Crippen LogP contribution < -0.4 is 0 Å². The van der Waals surface area contributed by atoms with E-state index in [0.29, 0.717) is 6.61 Å². The second-order valence-electron chi connectivity index (χ2n) is 6.34. The zero-order chi connectivity index (χ0) is 15.4. The summed E-state index contributed by atoms with van der Waals surface area (Å²) in [6, 6.07) is 0. The molecule has 3 saturated heterocycles. The minimum absolute atomic E-state index is 0.0820. The van der Waals surface area contributed by atoms with Gasteiger partial charge in [-0.15, -0.1) is 0 Å². The first-order valence-corrected chi connectivity index (χ1v) is 7.25. The van der Waals surface area contributed by atoms with E-state index in [1.54, 1.807) is 0 Å². The van der Waals surface area contributed by atoms with Crippen molar-refractivity contribution in [2.45, 2.75) is 56.4 Å². The van der Waals surface area contributed by atoms with E-state index >= 15 is 0 Å². The van der Waals surface area contributed by atoms with Crippen LogP contribution in [0.25, 0.3) is 0 Å². The van der Waals surface area contributed by atoms with Crippen molar-refractivity contribution >= 4 is 0 Å². The van der Waals surface area contributed by atoms with Gasteiger partial charge in [-0.1, -0.05) is 0 Å². The molecular weight excluding hydrogens is 280 g/mol. The van der Waals surface area contributed by atoms with Crippen molar-refractivity contribution in [3.8, 4) is 0 Å². The highest BCUT2D eigenvalue weighted by Gasteiger charge is 2.79. The number of aliphatic hydroxyl groups is 1. The Morgan fingerprint density at radius 2 is 1.90 bits per heavy atom. The topological polar surface area (TPSA) is 75.6 Å². The molecule has 0 spiro atoms. The summed E-state index contributed by atoms with van der Waals surface area (Å²) in [7, 11) is 0. The zero-order valence-electron chi connectivity index (χ0n) is 13.0. The van der Waals surface area contributed by atoms with E-state index in [1.165, 1.54) is 0 Å². The van der Waals surface area contributed by atoms with Crippen molar-refractivity contribution in [1.82, 2.24) is 0 Å². The lowest BCUT2D eigenvalue weighted by molar-refractivity contribution is -0.267. The minimum Gasteiger partial charge on any atom is -0.394 e. The van der Waals surface area contributed by atoms with Gasteiger partial charge in [0.05, 0.1) is 19.8 Å². The lowest BCUT2D eigenvalue weighted by Gasteiger charge is -2.46. The minimum atomic E-state index is -0.947. The predicted molar refractivity (Wildman–Crippen MR) is 70.5 cm³/mol. The summed E-state index contributed by atoms with van der Waals surface area (Å²) in [4.78, 5) is 0. The summed E-state index contributed by atoms with van der Waals surface area (Å²) < 4.78 is 34.9. The van der Waals surface area contributed by atoms with Crippen LogP contribution in [0.2, 0.25) is 0 Å². The highest BCUT2D eigenvalue weighted by molar-refractivity contribution is 5.23. The zero-order valence-corrected chi connectivity index (χ0v) is 13.0. The third kappa shape index (κ3) is 1.80. The van der Waals surface area contributed by atoms with Crippen LogP contribution in [-0.4, -0.2) is 67.2 Å². The molecule has 3 aliphatic rings. The second-order valence-corrected chi connectivity index (χ2v) is 6.34. The SMILES string of the molecule is CC12OCOC1(C)C(C)(OCCO)C(C)(C1COCO1)O2. The normalized spacial score (nSPS) is 53.3. The summed E-state index contributed by atoms with van der Waals surface area (Å²) in [5.41, 5.74) is -2.52. The van der Waals surface area contributed by atoms with Crippen LogP contribution in [0.15, 0.2) is 0 Å². The van der Waals surface area contributed by atoms with Crippen LogP contribution in [0, 0.1) is 0 Å². The Balaban J connectivity index is 2.03. The van der Waals surface area contributed by atoms with Crippen molar-refractivity contribution in [3.05, 3.63) is 0 Å². The van der Waals surface area contributed by atoms with Gasteiger partial charge >= 0.3 is 0 Å². The highest BCUT2D eigenvalue weighted by Crippen LogP contribution is 2.60. The monoisotopic (exact) mass is 304 g/mol. The second kappa shape index (κ2) is 4.86. The molecule has 7 nitrogen and oxygen atoms in total. The molecule has 0 radical (unpaired) electrons. The van der Waals surface area contributed by atoms with Gasteiger partial charge in [-0.05, 0) is 27.7 Å². The molecule has 0 bridgehead atoms. The van der Waals surface area contributed by atoms with Crippen LogP contribution in [0.4, 0.5) is 0 Å². The van der Waals surface area contributed by atoms with E-state index < -0.39 is 22.6 Å². The Morgan fingerprint density at radius 1 is 1.14 bits per heavy atom. The van der Waals surface area contributed by atoms with E-state index in [2.05, 4.69) is 0 Å². The number of hydrogen-bond donors (Lipinski definition) is 1. The maximum atomic E-state index is 9.17. The highest BCUT2D eigenvalue weighted by atomic mass is 16.9. The number of fused-ring (bicyclic) bond motifs is 1. The fraction of sp³-hybridized carbons (Fsp3) is 1.00. The van der Waals surface area contributed by atoms with Crippen LogP contribution in [0.3, 0.4) is 0 Å². The number of hydrogen-bond acceptors (Lipinski definition) is 7. The molecule has 0 aliphatic carbocycles.